The van der Waals surface area contributed by atoms with Crippen molar-refractivity contribution in [2.24, 2.45) is 5.73 Å². The van der Waals surface area contributed by atoms with Crippen molar-refractivity contribution in [2.75, 3.05) is 26.2 Å². The highest BCUT2D eigenvalue weighted by Gasteiger charge is 2.24. The lowest BCUT2D eigenvalue weighted by atomic mass is 10.2. The van der Waals surface area contributed by atoms with Gasteiger partial charge in [-0.3, -0.25) is 14.0 Å². The Bertz CT molecular complexity index is 946. The summed E-state index contributed by atoms with van der Waals surface area (Å²) in [6.07, 6.45) is 2.91. The number of imidazole rings is 1. The molecule has 3 N–H and O–H groups in total. The molecule has 9 nitrogen and oxygen atoms in total. The lowest BCUT2D eigenvalue weighted by Gasteiger charge is -2.27. The highest BCUT2D eigenvalue weighted by Crippen LogP contribution is 2.22. The number of nitrogens with two attached hydrogens (primary N) is 1. The highest BCUT2D eigenvalue weighted by molar-refractivity contribution is 5.99. The van der Waals surface area contributed by atoms with Gasteiger partial charge in [0.2, 0.25) is 0 Å². The molecule has 2 amide bonds. The van der Waals surface area contributed by atoms with Crippen LogP contribution in [0.1, 0.15) is 21.0 Å². The van der Waals surface area contributed by atoms with Crippen molar-refractivity contribution < 1.29 is 14.0 Å². The maximum absolute atomic E-state index is 13.0. The van der Waals surface area contributed by atoms with Crippen molar-refractivity contribution in [1.82, 2.24) is 24.6 Å². The van der Waals surface area contributed by atoms with Crippen LogP contribution < -0.4 is 11.1 Å². The quantitative estimate of drug-likeness (QED) is 0.689. The number of fused-ring (bicyclic) bond motifs is 1. The minimum Gasteiger partial charge on any atom is -0.463 e. The van der Waals surface area contributed by atoms with E-state index in [2.05, 4.69) is 15.3 Å². The molecule has 0 atom stereocenters. The van der Waals surface area contributed by atoms with Gasteiger partial charge in [0.15, 0.2) is 17.1 Å². The van der Waals surface area contributed by atoms with Crippen LogP contribution in [-0.2, 0) is 0 Å². The van der Waals surface area contributed by atoms with Gasteiger partial charge in [0, 0.05) is 26.2 Å². The third-order valence-electron chi connectivity index (χ3n) is 4.13. The number of nitrogens with zero attached hydrogens (tertiary/aromatic N) is 4. The molecule has 0 aliphatic carbocycles. The molecule has 1 fully saturated rings. The summed E-state index contributed by atoms with van der Waals surface area (Å²) in [6, 6.07) is 5.10. The maximum Gasteiger partial charge on any atom is 0.271 e. The standard InChI is InChI=1S/C16H16N6O3.ClH/c17-14(23)13-15-20-10(12-2-1-7-25-12)8-11(22(15)9-19-13)16(24)21-5-3-18-4-6-21;/h1-2,7-9,18H,3-6H2,(H2,17,23);1H. The molecular formula is C16H17ClN6O3. The van der Waals surface area contributed by atoms with E-state index in [0.717, 1.165) is 13.1 Å². The van der Waals surface area contributed by atoms with E-state index in [1.54, 1.807) is 23.1 Å². The molecule has 136 valence electrons. The van der Waals surface area contributed by atoms with E-state index >= 15 is 0 Å². The number of nitrogens with one attached hydrogen (secondary N) is 1. The second kappa shape index (κ2) is 7.14. The van der Waals surface area contributed by atoms with Gasteiger partial charge in [-0.05, 0) is 18.2 Å². The third kappa shape index (κ3) is 3.02. The van der Waals surface area contributed by atoms with Gasteiger partial charge in [0.1, 0.15) is 17.7 Å². The van der Waals surface area contributed by atoms with Gasteiger partial charge in [-0.2, -0.15) is 0 Å². The molecule has 3 aromatic heterocycles. The van der Waals surface area contributed by atoms with E-state index in [-0.39, 0.29) is 29.7 Å². The Hall–Kier alpha value is -2.91. The molecule has 0 unspecified atom stereocenters. The fourth-order valence-electron chi connectivity index (χ4n) is 2.89. The predicted octanol–water partition coefficient (Wildman–Crippen LogP) is 0.555. The zero-order valence-corrected chi connectivity index (χ0v) is 14.5. The first kappa shape index (κ1) is 17.9. The number of piperazine rings is 1. The lowest BCUT2D eigenvalue weighted by Crippen LogP contribution is -2.46. The van der Waals surface area contributed by atoms with E-state index < -0.39 is 5.91 Å². The summed E-state index contributed by atoms with van der Waals surface area (Å²) in [4.78, 5) is 34.8. The van der Waals surface area contributed by atoms with E-state index in [1.165, 1.54) is 17.0 Å². The smallest absolute Gasteiger partial charge is 0.271 e. The molecule has 1 saturated heterocycles. The number of carbonyl (C=O) groups is 2. The van der Waals surface area contributed by atoms with Crippen LogP contribution >= 0.6 is 12.4 Å². The molecule has 1 aliphatic heterocycles. The maximum atomic E-state index is 13.0. The van der Waals surface area contributed by atoms with Gasteiger partial charge in [-0.25, -0.2) is 9.97 Å². The minimum absolute atomic E-state index is 0. The summed E-state index contributed by atoms with van der Waals surface area (Å²) in [7, 11) is 0. The van der Waals surface area contributed by atoms with E-state index in [9.17, 15) is 9.59 Å². The largest absolute Gasteiger partial charge is 0.463 e. The molecule has 0 aromatic carbocycles. The minimum atomic E-state index is -0.702. The first-order chi connectivity index (χ1) is 12.1. The summed E-state index contributed by atoms with van der Waals surface area (Å²) in [6.45, 7) is 2.69. The molecule has 0 radical (unpaired) electrons. The third-order valence-corrected chi connectivity index (χ3v) is 4.13. The summed E-state index contributed by atoms with van der Waals surface area (Å²) >= 11 is 0. The SMILES string of the molecule is Cl.NC(=O)c1ncn2c(C(=O)N3CCNCC3)cc(-c3ccco3)nc12. The first-order valence-corrected chi connectivity index (χ1v) is 7.87. The molecule has 3 aromatic rings. The first-order valence-electron chi connectivity index (χ1n) is 7.87. The van der Waals surface area contributed by atoms with Crippen LogP contribution in [0.5, 0.6) is 0 Å². The Kier molecular flexibility index (Phi) is 4.92. The zero-order chi connectivity index (χ0) is 17.4. The number of rotatable bonds is 3. The van der Waals surface area contributed by atoms with Crippen molar-refractivity contribution in [3.63, 3.8) is 0 Å². The molecule has 4 heterocycles. The fraction of sp³-hybridized carbons (Fsp3) is 0.250. The van der Waals surface area contributed by atoms with E-state index in [0.29, 0.717) is 30.2 Å². The molecular weight excluding hydrogens is 360 g/mol. The number of primary amides is 1. The molecule has 0 saturated carbocycles. The lowest BCUT2D eigenvalue weighted by molar-refractivity contribution is 0.0728. The van der Waals surface area contributed by atoms with Crippen LogP contribution in [0.3, 0.4) is 0 Å². The second-order valence-electron chi connectivity index (χ2n) is 5.70. The average Bonchev–Trinajstić information content (AvgIpc) is 3.30. The van der Waals surface area contributed by atoms with Crippen LogP contribution in [0.15, 0.2) is 35.2 Å². The number of amides is 2. The molecule has 26 heavy (non-hydrogen) atoms. The second-order valence-corrected chi connectivity index (χ2v) is 5.70. The normalized spacial score (nSPS) is 14.2. The van der Waals surface area contributed by atoms with Crippen molar-refractivity contribution in [3.8, 4) is 11.5 Å². The molecule has 1 aliphatic rings. The Morgan fingerprint density at radius 2 is 2.04 bits per heavy atom. The zero-order valence-electron chi connectivity index (χ0n) is 13.7. The molecule has 0 spiro atoms. The van der Waals surface area contributed by atoms with Crippen LogP contribution in [0.2, 0.25) is 0 Å². The van der Waals surface area contributed by atoms with Crippen LogP contribution in [0.25, 0.3) is 17.1 Å². The van der Waals surface area contributed by atoms with E-state index in [1.807, 2.05) is 0 Å². The van der Waals surface area contributed by atoms with Gasteiger partial charge in [-0.1, -0.05) is 0 Å². The topological polar surface area (TPSA) is 119 Å². The Labute approximate surface area is 154 Å². The Morgan fingerprint density at radius 3 is 2.69 bits per heavy atom. The molecule has 0 bridgehead atoms. The Balaban J connectivity index is 0.00000196. The average molecular weight is 377 g/mol. The molecule has 10 heteroatoms. The van der Waals surface area contributed by atoms with Crippen molar-refractivity contribution in [2.45, 2.75) is 0 Å². The van der Waals surface area contributed by atoms with Gasteiger partial charge < -0.3 is 20.4 Å². The van der Waals surface area contributed by atoms with Crippen LogP contribution in [-0.4, -0.2) is 57.3 Å². The highest BCUT2D eigenvalue weighted by atomic mass is 35.5. The van der Waals surface area contributed by atoms with Gasteiger partial charge in [0.25, 0.3) is 11.8 Å². The summed E-state index contributed by atoms with van der Waals surface area (Å²) < 4.78 is 6.88. The monoisotopic (exact) mass is 376 g/mol. The summed E-state index contributed by atoms with van der Waals surface area (Å²) in [5, 5.41) is 3.21. The van der Waals surface area contributed by atoms with Crippen molar-refractivity contribution in [3.05, 3.63) is 42.2 Å². The van der Waals surface area contributed by atoms with Gasteiger partial charge in [0.05, 0.1) is 6.26 Å². The fourth-order valence-corrected chi connectivity index (χ4v) is 2.89. The van der Waals surface area contributed by atoms with E-state index in [4.69, 9.17) is 10.2 Å². The van der Waals surface area contributed by atoms with Crippen LogP contribution in [0.4, 0.5) is 0 Å². The predicted molar refractivity (Wildman–Crippen MR) is 95.2 cm³/mol. The van der Waals surface area contributed by atoms with Crippen molar-refractivity contribution >= 4 is 29.9 Å². The van der Waals surface area contributed by atoms with Gasteiger partial charge >= 0.3 is 0 Å². The van der Waals surface area contributed by atoms with Crippen LogP contribution in [0, 0.1) is 0 Å². The number of carbonyl (C=O) groups excluding carboxylic acids is 2. The molecule has 4 rings (SSSR count). The number of furan rings is 1. The number of hydrogen-bond donors (Lipinski definition) is 2. The van der Waals surface area contributed by atoms with Crippen molar-refractivity contribution in [1.29, 1.82) is 0 Å². The Morgan fingerprint density at radius 1 is 1.27 bits per heavy atom. The number of hydrogen-bond acceptors (Lipinski definition) is 6. The summed E-state index contributed by atoms with van der Waals surface area (Å²) in [5.74, 6) is -0.365. The number of halogens is 1. The summed E-state index contributed by atoms with van der Waals surface area (Å²) in [5.41, 5.74) is 6.44. The number of aromatic nitrogens is 3. The van der Waals surface area contributed by atoms with Gasteiger partial charge in [-0.15, -0.1) is 12.4 Å².